The average molecular weight is 480 g/mol. The largest absolute Gasteiger partial charge is 0.489 e. The van der Waals surface area contributed by atoms with Gasteiger partial charge in [0.1, 0.15) is 18.2 Å². The number of hydrogen-bond donors (Lipinski definition) is 1. The molecule has 1 N–H and O–H groups in total. The van der Waals surface area contributed by atoms with Gasteiger partial charge in [0.15, 0.2) is 17.3 Å². The van der Waals surface area contributed by atoms with Crippen LogP contribution in [0.25, 0.3) is 11.5 Å². The molecule has 0 radical (unpaired) electrons. The molecule has 0 fully saturated rings. The first-order valence-corrected chi connectivity index (χ1v) is 11.8. The molecule has 4 heterocycles. The number of aryl methyl sites for hydroxylation is 3. The summed E-state index contributed by atoms with van der Waals surface area (Å²) in [6.07, 6.45) is 0.347. The minimum Gasteiger partial charge on any atom is -0.489 e. The summed E-state index contributed by atoms with van der Waals surface area (Å²) in [4.78, 5) is 12.8. The summed E-state index contributed by atoms with van der Waals surface area (Å²) in [5.74, 6) is 2.51. The van der Waals surface area contributed by atoms with E-state index in [2.05, 4.69) is 45.7 Å². The number of benzene rings is 2. The van der Waals surface area contributed by atoms with Crippen molar-refractivity contribution in [3.05, 3.63) is 94.4 Å². The normalized spacial score (nSPS) is 15.1. The van der Waals surface area contributed by atoms with Crippen molar-refractivity contribution in [2.45, 2.75) is 39.7 Å². The molecule has 2 aromatic carbocycles. The zero-order chi connectivity index (χ0) is 24.8. The van der Waals surface area contributed by atoms with Gasteiger partial charge in [-0.25, -0.2) is 0 Å². The van der Waals surface area contributed by atoms with Crippen molar-refractivity contribution in [2.75, 3.05) is 5.32 Å². The van der Waals surface area contributed by atoms with E-state index in [0.717, 1.165) is 28.1 Å². The maximum atomic E-state index is 12.8. The average Bonchev–Trinajstić information content (AvgIpc) is 3.42. The highest BCUT2D eigenvalue weighted by Gasteiger charge is 2.33. The van der Waals surface area contributed by atoms with E-state index in [-0.39, 0.29) is 11.8 Å². The molecule has 0 saturated heterocycles. The molecule has 0 bridgehead atoms. The number of carbonyl (C=O) groups excluding carboxylic acids is 1. The van der Waals surface area contributed by atoms with Crippen LogP contribution in [0, 0.1) is 20.8 Å². The Morgan fingerprint density at radius 2 is 1.83 bits per heavy atom. The molecule has 180 valence electrons. The van der Waals surface area contributed by atoms with Gasteiger partial charge in [0, 0.05) is 17.9 Å². The number of hydrogen-bond acceptors (Lipinski definition) is 6. The van der Waals surface area contributed by atoms with Gasteiger partial charge in [-0.05, 0) is 56.2 Å². The van der Waals surface area contributed by atoms with E-state index in [9.17, 15) is 4.79 Å². The SMILES string of the molecule is Cc1cccc(COc2ccc(C3CC(=O)Nc4c3c(C)nn4-c3ccc4nnc(C)n4n3)cc2)c1. The summed E-state index contributed by atoms with van der Waals surface area (Å²) in [5.41, 5.74) is 5.86. The van der Waals surface area contributed by atoms with Crippen LogP contribution in [0.1, 0.15) is 46.1 Å². The summed E-state index contributed by atoms with van der Waals surface area (Å²) < 4.78 is 9.34. The first-order chi connectivity index (χ1) is 17.5. The van der Waals surface area contributed by atoms with E-state index >= 15 is 0 Å². The highest BCUT2D eigenvalue weighted by Crippen LogP contribution is 2.40. The van der Waals surface area contributed by atoms with Crippen LogP contribution in [-0.4, -0.2) is 35.5 Å². The second kappa shape index (κ2) is 8.60. The minimum absolute atomic E-state index is 0.0602. The molecule has 9 heteroatoms. The van der Waals surface area contributed by atoms with Gasteiger partial charge in [-0.2, -0.15) is 14.3 Å². The fourth-order valence-electron chi connectivity index (χ4n) is 4.76. The molecule has 1 atom stereocenters. The van der Waals surface area contributed by atoms with Gasteiger partial charge < -0.3 is 10.1 Å². The minimum atomic E-state index is -0.117. The molecule has 0 spiro atoms. The van der Waals surface area contributed by atoms with Gasteiger partial charge in [-0.15, -0.1) is 15.3 Å². The fraction of sp³-hybridized carbons (Fsp3) is 0.222. The molecule has 36 heavy (non-hydrogen) atoms. The lowest BCUT2D eigenvalue weighted by molar-refractivity contribution is -0.116. The topological polar surface area (TPSA) is 99.2 Å². The lowest BCUT2D eigenvalue weighted by atomic mass is 9.86. The van der Waals surface area contributed by atoms with Crippen LogP contribution in [-0.2, 0) is 11.4 Å². The quantitative estimate of drug-likeness (QED) is 0.404. The maximum absolute atomic E-state index is 12.8. The molecule has 1 unspecified atom stereocenters. The van der Waals surface area contributed by atoms with Crippen LogP contribution in [0.15, 0.2) is 60.7 Å². The van der Waals surface area contributed by atoms with Gasteiger partial charge in [0.05, 0.1) is 5.69 Å². The Bertz CT molecular complexity index is 1600. The third-order valence-electron chi connectivity index (χ3n) is 6.49. The molecule has 1 aliphatic rings. The number of carbonyl (C=O) groups is 1. The number of nitrogens with zero attached hydrogens (tertiary/aromatic N) is 6. The monoisotopic (exact) mass is 479 g/mol. The third kappa shape index (κ3) is 3.88. The van der Waals surface area contributed by atoms with Gasteiger partial charge in [-0.1, -0.05) is 42.0 Å². The molecule has 9 nitrogen and oxygen atoms in total. The van der Waals surface area contributed by atoms with Crippen LogP contribution in [0.3, 0.4) is 0 Å². The lowest BCUT2D eigenvalue weighted by Crippen LogP contribution is -2.25. The van der Waals surface area contributed by atoms with Crippen molar-refractivity contribution in [3.63, 3.8) is 0 Å². The predicted molar refractivity (Wildman–Crippen MR) is 134 cm³/mol. The van der Waals surface area contributed by atoms with E-state index in [0.29, 0.717) is 36.1 Å². The Hall–Kier alpha value is -4.53. The van der Waals surface area contributed by atoms with E-state index in [1.165, 1.54) is 5.56 Å². The molecular formula is C27H25N7O2. The number of rotatable bonds is 5. The maximum Gasteiger partial charge on any atom is 0.226 e. The van der Waals surface area contributed by atoms with Crippen molar-refractivity contribution in [2.24, 2.45) is 0 Å². The van der Waals surface area contributed by atoms with Gasteiger partial charge in [0.25, 0.3) is 0 Å². The van der Waals surface area contributed by atoms with E-state index in [1.807, 2.05) is 56.3 Å². The second-order valence-electron chi connectivity index (χ2n) is 9.12. The van der Waals surface area contributed by atoms with Crippen molar-refractivity contribution < 1.29 is 9.53 Å². The van der Waals surface area contributed by atoms with Gasteiger partial charge in [-0.3, -0.25) is 4.79 Å². The van der Waals surface area contributed by atoms with E-state index in [4.69, 9.17) is 9.84 Å². The summed E-state index contributed by atoms with van der Waals surface area (Å²) in [7, 11) is 0. The van der Waals surface area contributed by atoms with Crippen molar-refractivity contribution in [3.8, 4) is 11.6 Å². The highest BCUT2D eigenvalue weighted by molar-refractivity contribution is 5.95. The lowest BCUT2D eigenvalue weighted by Gasteiger charge is -2.24. The standard InChI is InChI=1S/C27H25N7O2/c1-16-5-4-6-19(13-16)15-36-21-9-7-20(8-10-21)22-14-25(35)28-27-26(22)17(2)31-34(27)24-12-11-23-30-29-18(3)33(23)32-24/h4-13,22H,14-15H2,1-3H3,(H,28,35). The van der Waals surface area contributed by atoms with Crippen LogP contribution >= 0.6 is 0 Å². The number of nitrogens with one attached hydrogen (secondary N) is 1. The van der Waals surface area contributed by atoms with Crippen LogP contribution in [0.5, 0.6) is 5.75 Å². The van der Waals surface area contributed by atoms with Gasteiger partial charge in [0.2, 0.25) is 5.91 Å². The summed E-state index contributed by atoms with van der Waals surface area (Å²) >= 11 is 0. The smallest absolute Gasteiger partial charge is 0.226 e. The molecular weight excluding hydrogens is 454 g/mol. The first-order valence-electron chi connectivity index (χ1n) is 11.8. The number of anilines is 1. The zero-order valence-electron chi connectivity index (χ0n) is 20.3. The summed E-state index contributed by atoms with van der Waals surface area (Å²) in [6, 6.07) is 19.9. The van der Waals surface area contributed by atoms with E-state index < -0.39 is 0 Å². The Balaban J connectivity index is 1.30. The molecule has 0 aliphatic carbocycles. The Labute approximate surface area is 207 Å². The predicted octanol–water partition coefficient (Wildman–Crippen LogP) is 4.29. The molecule has 3 aromatic heterocycles. The van der Waals surface area contributed by atoms with Crippen molar-refractivity contribution in [1.82, 2.24) is 29.6 Å². The molecule has 1 aliphatic heterocycles. The number of amides is 1. The Kier molecular flexibility index (Phi) is 5.25. The van der Waals surface area contributed by atoms with Crippen molar-refractivity contribution in [1.29, 1.82) is 0 Å². The third-order valence-corrected chi connectivity index (χ3v) is 6.49. The second-order valence-corrected chi connectivity index (χ2v) is 9.12. The summed E-state index contributed by atoms with van der Waals surface area (Å²) in [6.45, 7) is 6.38. The van der Waals surface area contributed by atoms with Crippen molar-refractivity contribution >= 4 is 17.4 Å². The van der Waals surface area contributed by atoms with Crippen LogP contribution in [0.2, 0.25) is 0 Å². The van der Waals surface area contributed by atoms with Crippen LogP contribution in [0.4, 0.5) is 5.82 Å². The number of aromatic nitrogens is 6. The molecule has 5 aromatic rings. The Morgan fingerprint density at radius 1 is 1.00 bits per heavy atom. The number of ether oxygens (including phenoxy) is 1. The molecule has 0 saturated carbocycles. The first kappa shape index (κ1) is 22.0. The molecule has 6 rings (SSSR count). The zero-order valence-corrected chi connectivity index (χ0v) is 20.3. The molecule has 1 amide bonds. The van der Waals surface area contributed by atoms with Gasteiger partial charge >= 0.3 is 0 Å². The highest BCUT2D eigenvalue weighted by atomic mass is 16.5. The van der Waals surface area contributed by atoms with Crippen LogP contribution < -0.4 is 10.1 Å². The number of fused-ring (bicyclic) bond motifs is 2. The Morgan fingerprint density at radius 3 is 2.64 bits per heavy atom. The summed E-state index contributed by atoms with van der Waals surface area (Å²) in [5, 5.41) is 20.6. The van der Waals surface area contributed by atoms with E-state index in [1.54, 1.807) is 9.20 Å². The fourth-order valence-corrected chi connectivity index (χ4v) is 4.76.